The molecule has 0 spiro atoms. The van der Waals surface area contributed by atoms with E-state index < -0.39 is 20.6 Å². The maximum Gasteiger partial charge on any atom is 0.327 e. The first-order valence-corrected chi connectivity index (χ1v) is 9.31. The number of halogens is 1. The summed E-state index contributed by atoms with van der Waals surface area (Å²) in [6.07, 6.45) is 2.56. The van der Waals surface area contributed by atoms with Crippen LogP contribution in [0.3, 0.4) is 0 Å². The third-order valence-corrected chi connectivity index (χ3v) is 5.99. The molecule has 1 atom stereocenters. The van der Waals surface area contributed by atoms with Crippen LogP contribution >= 0.6 is 22.6 Å². The van der Waals surface area contributed by atoms with Crippen LogP contribution in [0.4, 0.5) is 0 Å². The Bertz CT molecular complexity index is 682. The summed E-state index contributed by atoms with van der Waals surface area (Å²) in [5.41, 5.74) is -0.235. The quantitative estimate of drug-likeness (QED) is 0.504. The number of sulfone groups is 1. The molecule has 21 heavy (non-hydrogen) atoms. The normalized spacial score (nSPS) is 14.5. The fourth-order valence-electron chi connectivity index (χ4n) is 1.72. The van der Waals surface area contributed by atoms with Crippen molar-refractivity contribution in [2.75, 3.05) is 12.9 Å². The van der Waals surface area contributed by atoms with Gasteiger partial charge < -0.3 is 9.30 Å². The Hall–Kier alpha value is -0.900. The van der Waals surface area contributed by atoms with Gasteiger partial charge in [0.05, 0.1) is 6.61 Å². The lowest BCUT2D eigenvalue weighted by Gasteiger charge is -2.25. The van der Waals surface area contributed by atoms with Gasteiger partial charge in [-0.15, -0.1) is 0 Å². The zero-order chi connectivity index (χ0) is 16.3. The first-order chi connectivity index (χ1) is 9.61. The molecule has 0 saturated heterocycles. The number of esters is 1. The lowest BCUT2D eigenvalue weighted by atomic mass is 10.1. The van der Waals surface area contributed by atoms with Crippen LogP contribution < -0.4 is 5.56 Å². The van der Waals surface area contributed by atoms with Gasteiger partial charge in [-0.05, 0) is 48.9 Å². The van der Waals surface area contributed by atoms with Gasteiger partial charge in [0.15, 0.2) is 14.6 Å². The van der Waals surface area contributed by atoms with Crippen molar-refractivity contribution in [3.63, 3.8) is 0 Å². The molecule has 0 N–H and O–H groups in total. The van der Waals surface area contributed by atoms with Crippen molar-refractivity contribution in [3.8, 4) is 0 Å². The van der Waals surface area contributed by atoms with Crippen molar-refractivity contribution in [2.45, 2.75) is 31.6 Å². The minimum absolute atomic E-state index is 0.0227. The Morgan fingerprint density at radius 1 is 1.48 bits per heavy atom. The van der Waals surface area contributed by atoms with Crippen molar-refractivity contribution < 1.29 is 17.9 Å². The van der Waals surface area contributed by atoms with Gasteiger partial charge in [-0.25, -0.2) is 8.42 Å². The molecular formula is C13H18INO5S. The van der Waals surface area contributed by atoms with Gasteiger partial charge in [0.25, 0.3) is 5.56 Å². The Morgan fingerprint density at radius 2 is 2.10 bits per heavy atom. The SMILES string of the molecule is CCOC(=O)[C@@](C)(CCn1ccc(I)cc1=O)S(C)(=O)=O. The summed E-state index contributed by atoms with van der Waals surface area (Å²) in [4.78, 5) is 23.8. The molecule has 118 valence electrons. The molecule has 8 heteroatoms. The number of pyridine rings is 1. The van der Waals surface area contributed by atoms with Gasteiger partial charge in [0.2, 0.25) is 0 Å². The van der Waals surface area contributed by atoms with Crippen LogP contribution in [0.2, 0.25) is 0 Å². The van der Waals surface area contributed by atoms with E-state index in [0.29, 0.717) is 0 Å². The molecule has 0 aromatic carbocycles. The Morgan fingerprint density at radius 3 is 2.57 bits per heavy atom. The molecule has 0 radical (unpaired) electrons. The van der Waals surface area contributed by atoms with Crippen molar-refractivity contribution in [3.05, 3.63) is 32.3 Å². The van der Waals surface area contributed by atoms with Crippen molar-refractivity contribution >= 4 is 38.4 Å². The van der Waals surface area contributed by atoms with Crippen LogP contribution in [0.25, 0.3) is 0 Å². The first-order valence-electron chi connectivity index (χ1n) is 6.34. The maximum absolute atomic E-state index is 12.0. The van der Waals surface area contributed by atoms with E-state index in [9.17, 15) is 18.0 Å². The summed E-state index contributed by atoms with van der Waals surface area (Å²) >= 11 is 2.02. The molecule has 0 bridgehead atoms. The molecule has 1 aromatic heterocycles. The first kappa shape index (κ1) is 18.1. The minimum Gasteiger partial charge on any atom is -0.465 e. The van der Waals surface area contributed by atoms with E-state index in [0.717, 1.165) is 9.83 Å². The fraction of sp³-hybridized carbons (Fsp3) is 0.538. The number of aryl methyl sites for hydroxylation is 1. The van der Waals surface area contributed by atoms with E-state index in [-0.39, 0.29) is 25.1 Å². The Labute approximate surface area is 137 Å². The van der Waals surface area contributed by atoms with Crippen LogP contribution in [0, 0.1) is 3.57 Å². The fourth-order valence-corrected chi connectivity index (χ4v) is 2.98. The number of ether oxygens (including phenoxy) is 1. The second kappa shape index (κ2) is 6.91. The Kier molecular flexibility index (Phi) is 5.97. The second-order valence-corrected chi connectivity index (χ2v) is 8.54. The van der Waals surface area contributed by atoms with Crippen LogP contribution in [0.1, 0.15) is 20.3 Å². The molecule has 0 aliphatic heterocycles. The van der Waals surface area contributed by atoms with Crippen LogP contribution in [0.15, 0.2) is 23.1 Å². The van der Waals surface area contributed by atoms with Crippen molar-refractivity contribution in [1.29, 1.82) is 0 Å². The van der Waals surface area contributed by atoms with Crippen molar-refractivity contribution in [2.24, 2.45) is 0 Å². The number of hydrogen-bond acceptors (Lipinski definition) is 5. The monoisotopic (exact) mass is 427 g/mol. The summed E-state index contributed by atoms with van der Waals surface area (Å²) in [5.74, 6) is -0.786. The summed E-state index contributed by atoms with van der Waals surface area (Å²) in [5, 5.41) is 0. The van der Waals surface area contributed by atoms with E-state index in [4.69, 9.17) is 4.74 Å². The summed E-state index contributed by atoms with van der Waals surface area (Å²) in [6, 6.07) is 3.19. The Balaban J connectivity index is 3.04. The highest BCUT2D eigenvalue weighted by Gasteiger charge is 2.44. The average Bonchev–Trinajstić information content (AvgIpc) is 2.36. The highest BCUT2D eigenvalue weighted by atomic mass is 127. The highest BCUT2D eigenvalue weighted by molar-refractivity contribution is 14.1. The number of aromatic nitrogens is 1. The third-order valence-electron chi connectivity index (χ3n) is 3.31. The zero-order valence-corrected chi connectivity index (χ0v) is 15.1. The van der Waals surface area contributed by atoms with E-state index in [2.05, 4.69) is 0 Å². The number of rotatable bonds is 6. The molecule has 1 aromatic rings. The number of carbonyl (C=O) groups excluding carboxylic acids is 1. The smallest absolute Gasteiger partial charge is 0.327 e. The number of nitrogens with zero attached hydrogens (tertiary/aromatic N) is 1. The van der Waals surface area contributed by atoms with E-state index >= 15 is 0 Å². The predicted molar refractivity (Wildman–Crippen MR) is 87.9 cm³/mol. The average molecular weight is 427 g/mol. The molecule has 1 rings (SSSR count). The predicted octanol–water partition coefficient (Wildman–Crippen LogP) is 1.21. The second-order valence-electron chi connectivity index (χ2n) is 4.85. The maximum atomic E-state index is 12.0. The van der Waals surface area contributed by atoms with Crippen LogP contribution in [0.5, 0.6) is 0 Å². The molecule has 0 saturated carbocycles. The molecule has 0 fully saturated rings. The number of carbonyl (C=O) groups is 1. The number of hydrogen-bond donors (Lipinski definition) is 0. The minimum atomic E-state index is -3.67. The third kappa shape index (κ3) is 4.29. The molecule has 6 nitrogen and oxygen atoms in total. The van der Waals surface area contributed by atoms with E-state index in [1.165, 1.54) is 17.6 Å². The van der Waals surface area contributed by atoms with Crippen molar-refractivity contribution in [1.82, 2.24) is 4.57 Å². The highest BCUT2D eigenvalue weighted by Crippen LogP contribution is 2.23. The molecule has 0 amide bonds. The van der Waals surface area contributed by atoms with Crippen LogP contribution in [-0.4, -0.2) is 36.6 Å². The van der Waals surface area contributed by atoms with Gasteiger partial charge >= 0.3 is 5.97 Å². The topological polar surface area (TPSA) is 82.4 Å². The standard InChI is InChI=1S/C13H18INO5S/c1-4-20-12(17)13(2,21(3,18)19)6-8-15-7-5-10(14)9-11(15)16/h5,7,9H,4,6,8H2,1-3H3/t13-/m1/s1. The van der Waals surface area contributed by atoms with Gasteiger partial charge in [-0.1, -0.05) is 0 Å². The van der Waals surface area contributed by atoms with Gasteiger partial charge in [-0.3, -0.25) is 9.59 Å². The van der Waals surface area contributed by atoms with E-state index in [1.54, 1.807) is 19.2 Å². The lowest BCUT2D eigenvalue weighted by molar-refractivity contribution is -0.146. The van der Waals surface area contributed by atoms with Gasteiger partial charge in [0.1, 0.15) is 0 Å². The molecule has 0 unspecified atom stereocenters. The van der Waals surface area contributed by atoms with Gasteiger partial charge in [0, 0.05) is 28.6 Å². The molecular weight excluding hydrogens is 409 g/mol. The largest absolute Gasteiger partial charge is 0.465 e. The summed E-state index contributed by atoms with van der Waals surface area (Å²) < 4.78 is 29.3. The molecule has 0 aliphatic carbocycles. The van der Waals surface area contributed by atoms with Gasteiger partial charge in [-0.2, -0.15) is 0 Å². The molecule has 0 aliphatic rings. The lowest BCUT2D eigenvalue weighted by Crippen LogP contribution is -2.45. The molecule has 1 heterocycles. The summed E-state index contributed by atoms with van der Waals surface area (Å²) in [7, 11) is -3.67. The van der Waals surface area contributed by atoms with Crippen LogP contribution in [-0.2, 0) is 25.9 Å². The zero-order valence-electron chi connectivity index (χ0n) is 12.1. The van der Waals surface area contributed by atoms with E-state index in [1.807, 2.05) is 22.6 Å². The summed E-state index contributed by atoms with van der Waals surface area (Å²) in [6.45, 7) is 3.17.